The third-order valence-corrected chi connectivity index (χ3v) is 3.07. The third kappa shape index (κ3) is 1.85. The Morgan fingerprint density at radius 1 is 1.31 bits per heavy atom. The maximum atomic E-state index is 6.17. The SMILES string of the molecule is Cc1c(Cl)cc2c(c1C(C)(C)N)OCCO2. The molecule has 2 rings (SSSR count). The molecule has 0 atom stereocenters. The van der Waals surface area contributed by atoms with Gasteiger partial charge in [0.25, 0.3) is 0 Å². The van der Waals surface area contributed by atoms with Crippen molar-refractivity contribution in [2.24, 2.45) is 5.73 Å². The van der Waals surface area contributed by atoms with E-state index in [1.165, 1.54) is 0 Å². The molecule has 1 aromatic rings. The Balaban J connectivity index is 2.69. The van der Waals surface area contributed by atoms with E-state index in [9.17, 15) is 0 Å². The van der Waals surface area contributed by atoms with Crippen molar-refractivity contribution < 1.29 is 9.47 Å². The topological polar surface area (TPSA) is 44.5 Å². The van der Waals surface area contributed by atoms with Gasteiger partial charge in [0.15, 0.2) is 11.5 Å². The highest BCUT2D eigenvalue weighted by molar-refractivity contribution is 6.31. The minimum atomic E-state index is -0.500. The summed E-state index contributed by atoms with van der Waals surface area (Å²) in [5.41, 5.74) is 7.54. The second kappa shape index (κ2) is 3.82. The summed E-state index contributed by atoms with van der Waals surface area (Å²) >= 11 is 6.17. The number of benzene rings is 1. The lowest BCUT2D eigenvalue weighted by Gasteiger charge is -2.29. The van der Waals surface area contributed by atoms with Gasteiger partial charge in [-0.3, -0.25) is 0 Å². The summed E-state index contributed by atoms with van der Waals surface area (Å²) < 4.78 is 11.2. The summed E-state index contributed by atoms with van der Waals surface area (Å²) in [6.07, 6.45) is 0. The Morgan fingerprint density at radius 3 is 2.56 bits per heavy atom. The average Bonchev–Trinajstić information content (AvgIpc) is 2.17. The van der Waals surface area contributed by atoms with Crippen LogP contribution in [0.1, 0.15) is 25.0 Å². The molecule has 0 aromatic heterocycles. The Labute approximate surface area is 100 Å². The first-order valence-corrected chi connectivity index (χ1v) is 5.67. The van der Waals surface area contributed by atoms with Gasteiger partial charge in [0.05, 0.1) is 0 Å². The number of nitrogens with two attached hydrogens (primary N) is 1. The third-order valence-electron chi connectivity index (χ3n) is 2.67. The van der Waals surface area contributed by atoms with Crippen molar-refractivity contribution in [2.45, 2.75) is 26.3 Å². The largest absolute Gasteiger partial charge is 0.486 e. The lowest BCUT2D eigenvalue weighted by molar-refractivity contribution is 0.167. The monoisotopic (exact) mass is 241 g/mol. The number of ether oxygens (including phenoxy) is 2. The van der Waals surface area contributed by atoms with E-state index in [1.54, 1.807) is 6.07 Å². The van der Waals surface area contributed by atoms with E-state index in [4.69, 9.17) is 26.8 Å². The maximum absolute atomic E-state index is 6.17. The van der Waals surface area contributed by atoms with Gasteiger partial charge >= 0.3 is 0 Å². The van der Waals surface area contributed by atoms with Crippen LogP contribution in [0.4, 0.5) is 0 Å². The number of hydrogen-bond donors (Lipinski definition) is 1. The van der Waals surface area contributed by atoms with Crippen LogP contribution in [0.25, 0.3) is 0 Å². The van der Waals surface area contributed by atoms with E-state index in [1.807, 2.05) is 20.8 Å². The molecule has 0 spiro atoms. The van der Waals surface area contributed by atoms with Crippen LogP contribution in [0.5, 0.6) is 11.5 Å². The van der Waals surface area contributed by atoms with Crippen LogP contribution in [0, 0.1) is 6.92 Å². The molecule has 1 heterocycles. The summed E-state index contributed by atoms with van der Waals surface area (Å²) in [6, 6.07) is 1.79. The molecule has 0 fully saturated rings. The van der Waals surface area contributed by atoms with Gasteiger partial charge in [0, 0.05) is 22.2 Å². The number of rotatable bonds is 1. The predicted molar refractivity (Wildman–Crippen MR) is 64.4 cm³/mol. The van der Waals surface area contributed by atoms with E-state index >= 15 is 0 Å². The van der Waals surface area contributed by atoms with Crippen LogP contribution in [0.15, 0.2) is 6.07 Å². The Hall–Kier alpha value is -0.930. The molecule has 2 N–H and O–H groups in total. The molecule has 3 nitrogen and oxygen atoms in total. The fraction of sp³-hybridized carbons (Fsp3) is 0.500. The lowest BCUT2D eigenvalue weighted by atomic mass is 9.90. The lowest BCUT2D eigenvalue weighted by Crippen LogP contribution is -2.32. The zero-order valence-corrected chi connectivity index (χ0v) is 10.5. The highest BCUT2D eigenvalue weighted by Crippen LogP contribution is 2.43. The summed E-state index contributed by atoms with van der Waals surface area (Å²) in [7, 11) is 0. The van der Waals surface area contributed by atoms with E-state index < -0.39 is 5.54 Å². The summed E-state index contributed by atoms with van der Waals surface area (Å²) in [4.78, 5) is 0. The van der Waals surface area contributed by atoms with Crippen LogP contribution in [0.2, 0.25) is 5.02 Å². The predicted octanol–water partition coefficient (Wildman–Crippen LogP) is 2.61. The molecule has 1 aliphatic rings. The van der Waals surface area contributed by atoms with Gasteiger partial charge in [0.2, 0.25) is 0 Å². The molecule has 0 bridgehead atoms. The van der Waals surface area contributed by atoms with Crippen molar-refractivity contribution in [3.63, 3.8) is 0 Å². The highest BCUT2D eigenvalue weighted by atomic mass is 35.5. The molecule has 0 radical (unpaired) electrons. The minimum Gasteiger partial charge on any atom is -0.486 e. The first-order valence-electron chi connectivity index (χ1n) is 5.29. The van der Waals surface area contributed by atoms with Crippen molar-refractivity contribution >= 4 is 11.6 Å². The van der Waals surface area contributed by atoms with Gasteiger partial charge in [-0.05, 0) is 26.3 Å². The molecule has 88 valence electrons. The number of fused-ring (bicyclic) bond motifs is 1. The van der Waals surface area contributed by atoms with Crippen LogP contribution in [-0.4, -0.2) is 13.2 Å². The molecule has 0 unspecified atom stereocenters. The average molecular weight is 242 g/mol. The quantitative estimate of drug-likeness (QED) is 0.822. The first-order chi connectivity index (χ1) is 7.41. The normalized spacial score (nSPS) is 15.1. The van der Waals surface area contributed by atoms with Gasteiger partial charge in [-0.25, -0.2) is 0 Å². The number of hydrogen-bond acceptors (Lipinski definition) is 3. The van der Waals surface area contributed by atoms with Crippen molar-refractivity contribution in [1.82, 2.24) is 0 Å². The Bertz CT molecular complexity index is 424. The molecule has 1 aliphatic heterocycles. The summed E-state index contributed by atoms with van der Waals surface area (Å²) in [5, 5.41) is 0.665. The van der Waals surface area contributed by atoms with Gasteiger partial charge in [0.1, 0.15) is 13.2 Å². The zero-order valence-electron chi connectivity index (χ0n) is 9.76. The fourth-order valence-electron chi connectivity index (χ4n) is 2.02. The van der Waals surface area contributed by atoms with E-state index in [2.05, 4.69) is 0 Å². The zero-order chi connectivity index (χ0) is 11.9. The second-order valence-electron chi connectivity index (χ2n) is 4.60. The van der Waals surface area contributed by atoms with Crippen LogP contribution >= 0.6 is 11.6 Å². The fourth-order valence-corrected chi connectivity index (χ4v) is 2.22. The molecular weight excluding hydrogens is 226 g/mol. The molecular formula is C12H16ClNO2. The number of halogens is 1. The Kier molecular flexibility index (Phi) is 2.76. The van der Waals surface area contributed by atoms with E-state index in [0.717, 1.165) is 16.9 Å². The molecule has 0 saturated heterocycles. The van der Waals surface area contributed by atoms with Gasteiger partial charge in [-0.15, -0.1) is 0 Å². The highest BCUT2D eigenvalue weighted by Gasteiger charge is 2.28. The van der Waals surface area contributed by atoms with Gasteiger partial charge < -0.3 is 15.2 Å². The van der Waals surface area contributed by atoms with Crippen LogP contribution < -0.4 is 15.2 Å². The van der Waals surface area contributed by atoms with Crippen molar-refractivity contribution in [1.29, 1.82) is 0 Å². The molecule has 1 aromatic carbocycles. The maximum Gasteiger partial charge on any atom is 0.166 e. The molecule has 0 saturated carbocycles. The van der Waals surface area contributed by atoms with Crippen molar-refractivity contribution in [3.8, 4) is 11.5 Å². The smallest absolute Gasteiger partial charge is 0.166 e. The summed E-state index contributed by atoms with van der Waals surface area (Å²) in [6.45, 7) is 6.92. The van der Waals surface area contributed by atoms with Crippen LogP contribution in [-0.2, 0) is 5.54 Å². The molecule has 0 aliphatic carbocycles. The van der Waals surface area contributed by atoms with Crippen molar-refractivity contribution in [2.75, 3.05) is 13.2 Å². The van der Waals surface area contributed by atoms with E-state index in [0.29, 0.717) is 24.0 Å². The second-order valence-corrected chi connectivity index (χ2v) is 5.01. The molecule has 16 heavy (non-hydrogen) atoms. The standard InChI is InChI=1S/C12H16ClNO2/c1-7-8(13)6-9-11(16-5-4-15-9)10(7)12(2,3)14/h6H,4-5,14H2,1-3H3. The minimum absolute atomic E-state index is 0.500. The molecule has 0 amide bonds. The Morgan fingerprint density at radius 2 is 1.94 bits per heavy atom. The van der Waals surface area contributed by atoms with E-state index in [-0.39, 0.29) is 0 Å². The van der Waals surface area contributed by atoms with Crippen molar-refractivity contribution in [3.05, 3.63) is 22.2 Å². The molecule has 4 heteroatoms. The summed E-state index contributed by atoms with van der Waals surface area (Å²) in [5.74, 6) is 1.43. The van der Waals surface area contributed by atoms with Gasteiger partial charge in [-0.2, -0.15) is 0 Å². The first kappa shape index (κ1) is 11.6. The van der Waals surface area contributed by atoms with Gasteiger partial charge in [-0.1, -0.05) is 11.6 Å². The van der Waals surface area contributed by atoms with Crippen LogP contribution in [0.3, 0.4) is 0 Å².